The zero-order chi connectivity index (χ0) is 19.7. The summed E-state index contributed by atoms with van der Waals surface area (Å²) in [4.78, 5) is 4.45. The molecule has 4 aromatic rings. The Hall–Kier alpha value is -2.77. The Balaban J connectivity index is 1.88. The van der Waals surface area contributed by atoms with Gasteiger partial charge in [0.15, 0.2) is 0 Å². The number of nitrogens with zero attached hydrogens (tertiary/aromatic N) is 3. The van der Waals surface area contributed by atoms with Crippen molar-refractivity contribution in [3.63, 3.8) is 0 Å². The summed E-state index contributed by atoms with van der Waals surface area (Å²) in [5.41, 5.74) is 2.83. The summed E-state index contributed by atoms with van der Waals surface area (Å²) >= 11 is 3.42. The Morgan fingerprint density at radius 1 is 1.00 bits per heavy atom. The Bertz CT molecular complexity index is 1280. The highest BCUT2D eigenvalue weighted by molar-refractivity contribution is 9.10. The fraction of sp³-hybridized carbons (Fsp3) is 0.0476. The van der Waals surface area contributed by atoms with Crippen LogP contribution in [0.5, 0.6) is 0 Å². The largest absolute Gasteiger partial charge is 0.283 e. The minimum atomic E-state index is -3.83. The van der Waals surface area contributed by atoms with Crippen molar-refractivity contribution < 1.29 is 8.42 Å². The van der Waals surface area contributed by atoms with Crippen LogP contribution in [-0.4, -0.2) is 22.6 Å². The van der Waals surface area contributed by atoms with Crippen molar-refractivity contribution in [1.82, 2.24) is 14.2 Å². The van der Waals surface area contributed by atoms with Crippen LogP contribution in [0, 0.1) is 6.92 Å². The minimum absolute atomic E-state index is 0.197. The third-order valence-corrected chi connectivity index (χ3v) is 6.38. The minimum Gasteiger partial charge on any atom is -0.257 e. The van der Waals surface area contributed by atoms with Gasteiger partial charge in [0.05, 0.1) is 21.8 Å². The lowest BCUT2D eigenvalue weighted by Crippen LogP contribution is -2.14. The summed E-state index contributed by atoms with van der Waals surface area (Å²) in [6.45, 7) is 1.91. The molecule has 0 aliphatic carbocycles. The molecule has 7 heteroatoms. The molecule has 5 nitrogen and oxygen atoms in total. The van der Waals surface area contributed by atoms with Crippen molar-refractivity contribution >= 4 is 49.0 Å². The summed E-state index contributed by atoms with van der Waals surface area (Å²) in [6.07, 6.45) is 5.29. The third-order valence-electron chi connectivity index (χ3n) is 4.29. The molecule has 0 aliphatic heterocycles. The molecule has 0 aliphatic rings. The van der Waals surface area contributed by atoms with Gasteiger partial charge in [0.1, 0.15) is 0 Å². The molecule has 28 heavy (non-hydrogen) atoms. The van der Waals surface area contributed by atoms with E-state index in [0.29, 0.717) is 11.2 Å². The van der Waals surface area contributed by atoms with E-state index in [4.69, 9.17) is 0 Å². The molecular formula is C21H16BrN3O2S. The van der Waals surface area contributed by atoms with Gasteiger partial charge in [-0.05, 0) is 61.5 Å². The number of hydrogen-bond donors (Lipinski definition) is 0. The number of aromatic nitrogens is 3. The fourth-order valence-corrected chi connectivity index (χ4v) is 4.47. The zero-order valence-corrected chi connectivity index (χ0v) is 17.4. The molecule has 0 fully saturated rings. The van der Waals surface area contributed by atoms with Crippen LogP contribution in [0.25, 0.3) is 23.1 Å². The van der Waals surface area contributed by atoms with Gasteiger partial charge in [-0.2, -0.15) is 17.6 Å². The fourth-order valence-electron chi connectivity index (χ4n) is 2.84. The molecule has 140 valence electrons. The van der Waals surface area contributed by atoms with Crippen LogP contribution in [0.15, 0.2) is 76.2 Å². The summed E-state index contributed by atoms with van der Waals surface area (Å²) in [5, 5.41) is 5.15. The molecule has 0 atom stereocenters. The topological polar surface area (TPSA) is 64.8 Å². The van der Waals surface area contributed by atoms with Crippen LogP contribution < -0.4 is 0 Å². The molecule has 2 heterocycles. The lowest BCUT2D eigenvalue weighted by molar-refractivity contribution is 0.582. The maximum atomic E-state index is 13.2. The van der Waals surface area contributed by atoms with Crippen molar-refractivity contribution in [3.8, 4) is 0 Å². The van der Waals surface area contributed by atoms with Crippen molar-refractivity contribution in [2.45, 2.75) is 11.8 Å². The smallest absolute Gasteiger partial charge is 0.257 e. The first kappa shape index (κ1) is 18.6. The number of benzene rings is 2. The van der Waals surface area contributed by atoms with Crippen molar-refractivity contribution in [3.05, 3.63) is 88.3 Å². The first-order chi connectivity index (χ1) is 13.4. The van der Waals surface area contributed by atoms with E-state index in [1.54, 1.807) is 42.6 Å². The van der Waals surface area contributed by atoms with Crippen LogP contribution in [0.4, 0.5) is 0 Å². The highest BCUT2D eigenvalue weighted by atomic mass is 79.9. The van der Waals surface area contributed by atoms with Gasteiger partial charge < -0.3 is 0 Å². The van der Waals surface area contributed by atoms with Gasteiger partial charge in [0.2, 0.25) is 0 Å². The van der Waals surface area contributed by atoms with Crippen LogP contribution >= 0.6 is 15.9 Å². The lowest BCUT2D eigenvalue weighted by Gasteiger charge is -2.06. The molecule has 2 aromatic heterocycles. The molecule has 2 aromatic carbocycles. The molecule has 0 N–H and O–H groups in total. The zero-order valence-electron chi connectivity index (χ0n) is 14.9. The number of halogens is 1. The standard InChI is InChI=1S/C21H16BrN3O2S/c1-15-5-9-18(10-6-15)28(26,27)25-21-14-16(22)7-11-19(21)20(24-25)12-8-17-4-2-3-13-23-17/h2-14H,1H3. The van der Waals surface area contributed by atoms with E-state index in [0.717, 1.165) is 25.2 Å². The summed E-state index contributed by atoms with van der Waals surface area (Å²) in [6, 6.07) is 17.8. The summed E-state index contributed by atoms with van der Waals surface area (Å²) in [7, 11) is -3.83. The molecule has 0 spiro atoms. The maximum absolute atomic E-state index is 13.2. The molecule has 0 radical (unpaired) electrons. The van der Waals surface area contributed by atoms with Crippen molar-refractivity contribution in [2.24, 2.45) is 0 Å². The predicted molar refractivity (Wildman–Crippen MR) is 114 cm³/mol. The van der Waals surface area contributed by atoms with Crippen LogP contribution in [0.3, 0.4) is 0 Å². The average molecular weight is 454 g/mol. The second-order valence-electron chi connectivity index (χ2n) is 6.30. The second-order valence-corrected chi connectivity index (χ2v) is 8.98. The Morgan fingerprint density at radius 3 is 2.50 bits per heavy atom. The number of aryl methyl sites for hydroxylation is 1. The van der Waals surface area contributed by atoms with E-state index in [1.807, 2.05) is 43.3 Å². The Morgan fingerprint density at radius 2 is 1.79 bits per heavy atom. The molecule has 0 saturated carbocycles. The number of fused-ring (bicyclic) bond motifs is 1. The van der Waals surface area contributed by atoms with Gasteiger partial charge >= 0.3 is 0 Å². The van der Waals surface area contributed by atoms with Crippen LogP contribution in [-0.2, 0) is 10.0 Å². The molecule has 0 bridgehead atoms. The van der Waals surface area contributed by atoms with Crippen molar-refractivity contribution in [2.75, 3.05) is 0 Å². The van der Waals surface area contributed by atoms with E-state index in [-0.39, 0.29) is 4.90 Å². The summed E-state index contributed by atoms with van der Waals surface area (Å²) < 4.78 is 28.3. The number of hydrogen-bond acceptors (Lipinski definition) is 4. The van der Waals surface area contributed by atoms with Gasteiger partial charge in [0.25, 0.3) is 10.0 Å². The van der Waals surface area contributed by atoms with E-state index < -0.39 is 10.0 Å². The third kappa shape index (κ3) is 3.50. The van der Waals surface area contributed by atoms with Crippen LogP contribution in [0.2, 0.25) is 0 Å². The number of pyridine rings is 1. The first-order valence-corrected chi connectivity index (χ1v) is 10.8. The normalized spacial score (nSPS) is 12.1. The molecule has 0 unspecified atom stereocenters. The lowest BCUT2D eigenvalue weighted by atomic mass is 10.2. The number of rotatable bonds is 4. The maximum Gasteiger partial charge on any atom is 0.283 e. The van der Waals surface area contributed by atoms with E-state index >= 15 is 0 Å². The average Bonchev–Trinajstić information content (AvgIpc) is 3.06. The SMILES string of the molecule is Cc1ccc(S(=O)(=O)n2nc(C=Cc3ccccn3)c3ccc(Br)cc32)cc1. The molecule has 4 rings (SSSR count). The monoisotopic (exact) mass is 453 g/mol. The first-order valence-electron chi connectivity index (χ1n) is 8.55. The van der Waals surface area contributed by atoms with Gasteiger partial charge in [-0.1, -0.05) is 39.7 Å². The highest BCUT2D eigenvalue weighted by Gasteiger charge is 2.22. The van der Waals surface area contributed by atoms with E-state index in [1.165, 1.54) is 0 Å². The highest BCUT2D eigenvalue weighted by Crippen LogP contribution is 2.27. The van der Waals surface area contributed by atoms with Gasteiger partial charge in [0, 0.05) is 16.1 Å². The quantitative estimate of drug-likeness (QED) is 0.440. The summed E-state index contributed by atoms with van der Waals surface area (Å²) in [5.74, 6) is 0. The second kappa shape index (κ2) is 7.33. The van der Waals surface area contributed by atoms with Gasteiger partial charge in [-0.25, -0.2) is 0 Å². The van der Waals surface area contributed by atoms with E-state index in [2.05, 4.69) is 26.0 Å². The van der Waals surface area contributed by atoms with Crippen LogP contribution in [0.1, 0.15) is 17.0 Å². The van der Waals surface area contributed by atoms with Gasteiger partial charge in [-0.3, -0.25) is 4.98 Å². The molecular weight excluding hydrogens is 438 g/mol. The predicted octanol–water partition coefficient (Wildman–Crippen LogP) is 4.91. The van der Waals surface area contributed by atoms with Crippen molar-refractivity contribution in [1.29, 1.82) is 0 Å². The Kier molecular flexibility index (Phi) is 4.87. The van der Waals surface area contributed by atoms with E-state index in [9.17, 15) is 8.42 Å². The Labute approximate surface area is 171 Å². The molecule has 0 saturated heterocycles. The molecule has 0 amide bonds. The van der Waals surface area contributed by atoms with Gasteiger partial charge in [-0.15, -0.1) is 0 Å².